The maximum atomic E-state index is 12.8. The molecule has 1 fully saturated rings. The van der Waals surface area contributed by atoms with Crippen molar-refractivity contribution in [1.29, 1.82) is 0 Å². The highest BCUT2D eigenvalue weighted by molar-refractivity contribution is 6.22. The molecule has 7 heteroatoms. The van der Waals surface area contributed by atoms with E-state index in [2.05, 4.69) is 10.4 Å². The molecule has 26 heavy (non-hydrogen) atoms. The lowest BCUT2D eigenvalue weighted by molar-refractivity contribution is 0.0549. The SMILES string of the molecule is Cn1ccc(NC(=O)c2ccc3c(c2)C(=O)N(C2CCCCC2)C3=O)n1. The molecule has 3 amide bonds. The highest BCUT2D eigenvalue weighted by atomic mass is 16.2. The minimum absolute atomic E-state index is 0.0260. The van der Waals surface area contributed by atoms with Crippen LogP contribution in [0.5, 0.6) is 0 Å². The van der Waals surface area contributed by atoms with Gasteiger partial charge in [0.2, 0.25) is 0 Å². The van der Waals surface area contributed by atoms with Crippen molar-refractivity contribution in [3.63, 3.8) is 0 Å². The van der Waals surface area contributed by atoms with Crippen LogP contribution in [0.2, 0.25) is 0 Å². The number of carbonyl (C=O) groups excluding carboxylic acids is 3. The molecule has 1 aliphatic heterocycles. The smallest absolute Gasteiger partial charge is 0.261 e. The fourth-order valence-corrected chi connectivity index (χ4v) is 3.74. The monoisotopic (exact) mass is 352 g/mol. The van der Waals surface area contributed by atoms with Crippen LogP contribution in [-0.2, 0) is 7.05 Å². The Morgan fingerprint density at radius 2 is 1.81 bits per heavy atom. The molecule has 1 N–H and O–H groups in total. The van der Waals surface area contributed by atoms with E-state index in [4.69, 9.17) is 0 Å². The number of hydrogen-bond acceptors (Lipinski definition) is 4. The van der Waals surface area contributed by atoms with Crippen LogP contribution >= 0.6 is 0 Å². The number of nitrogens with zero attached hydrogens (tertiary/aromatic N) is 3. The van der Waals surface area contributed by atoms with Crippen LogP contribution in [0.25, 0.3) is 0 Å². The Bertz CT molecular complexity index is 896. The van der Waals surface area contributed by atoms with Crippen molar-refractivity contribution in [2.45, 2.75) is 38.1 Å². The van der Waals surface area contributed by atoms with Crippen molar-refractivity contribution in [1.82, 2.24) is 14.7 Å². The predicted octanol–water partition coefficient (Wildman–Crippen LogP) is 2.60. The van der Waals surface area contributed by atoms with E-state index in [9.17, 15) is 14.4 Å². The highest BCUT2D eigenvalue weighted by Crippen LogP contribution is 2.31. The van der Waals surface area contributed by atoms with Gasteiger partial charge in [-0.05, 0) is 31.0 Å². The van der Waals surface area contributed by atoms with Gasteiger partial charge in [-0.1, -0.05) is 19.3 Å². The maximum Gasteiger partial charge on any atom is 0.261 e. The minimum Gasteiger partial charge on any atom is -0.305 e. The quantitative estimate of drug-likeness (QED) is 0.861. The molecule has 2 aromatic rings. The van der Waals surface area contributed by atoms with E-state index in [0.717, 1.165) is 32.1 Å². The molecular weight excluding hydrogens is 332 g/mol. The molecule has 1 saturated carbocycles. The van der Waals surface area contributed by atoms with Gasteiger partial charge in [0.05, 0.1) is 11.1 Å². The van der Waals surface area contributed by atoms with Crippen molar-refractivity contribution < 1.29 is 14.4 Å². The number of benzene rings is 1. The molecular formula is C19H20N4O3. The van der Waals surface area contributed by atoms with E-state index in [1.807, 2.05) is 0 Å². The van der Waals surface area contributed by atoms with Crippen LogP contribution in [0.1, 0.15) is 63.2 Å². The summed E-state index contributed by atoms with van der Waals surface area (Å²) in [6.07, 6.45) is 6.67. The van der Waals surface area contributed by atoms with Gasteiger partial charge in [-0.25, -0.2) is 0 Å². The third-order valence-electron chi connectivity index (χ3n) is 5.08. The van der Waals surface area contributed by atoms with Gasteiger partial charge in [-0.3, -0.25) is 24.0 Å². The molecule has 0 radical (unpaired) electrons. The summed E-state index contributed by atoms with van der Waals surface area (Å²) in [6.45, 7) is 0. The van der Waals surface area contributed by atoms with Crippen molar-refractivity contribution in [2.75, 3.05) is 5.32 Å². The van der Waals surface area contributed by atoms with E-state index >= 15 is 0 Å². The average Bonchev–Trinajstić information content (AvgIpc) is 3.16. The lowest BCUT2D eigenvalue weighted by Crippen LogP contribution is -2.40. The van der Waals surface area contributed by atoms with Gasteiger partial charge in [0, 0.05) is 30.9 Å². The maximum absolute atomic E-state index is 12.8. The molecule has 0 atom stereocenters. The first-order valence-electron chi connectivity index (χ1n) is 8.87. The summed E-state index contributed by atoms with van der Waals surface area (Å²) in [5.41, 5.74) is 1.03. The summed E-state index contributed by atoms with van der Waals surface area (Å²) in [5, 5.41) is 6.79. The molecule has 4 rings (SSSR count). The predicted molar refractivity (Wildman–Crippen MR) is 95.0 cm³/mol. The van der Waals surface area contributed by atoms with Crippen LogP contribution in [0.4, 0.5) is 5.82 Å². The summed E-state index contributed by atoms with van der Waals surface area (Å²) in [4.78, 5) is 39.3. The zero-order valence-electron chi connectivity index (χ0n) is 14.6. The Kier molecular flexibility index (Phi) is 4.06. The van der Waals surface area contributed by atoms with Crippen LogP contribution in [0, 0.1) is 0 Å². The normalized spacial score (nSPS) is 17.5. The number of carbonyl (C=O) groups is 3. The van der Waals surface area contributed by atoms with Gasteiger partial charge in [0.15, 0.2) is 5.82 Å². The van der Waals surface area contributed by atoms with Gasteiger partial charge in [0.25, 0.3) is 17.7 Å². The molecule has 0 unspecified atom stereocenters. The Balaban J connectivity index is 1.58. The summed E-state index contributed by atoms with van der Waals surface area (Å²) in [7, 11) is 1.76. The second-order valence-corrected chi connectivity index (χ2v) is 6.86. The summed E-state index contributed by atoms with van der Waals surface area (Å²) >= 11 is 0. The molecule has 7 nitrogen and oxygen atoms in total. The zero-order chi connectivity index (χ0) is 18.3. The van der Waals surface area contributed by atoms with Crippen molar-refractivity contribution in [3.05, 3.63) is 47.2 Å². The van der Waals surface area contributed by atoms with Gasteiger partial charge in [-0.2, -0.15) is 5.10 Å². The Hall–Kier alpha value is -2.96. The number of fused-ring (bicyclic) bond motifs is 1. The third-order valence-corrected chi connectivity index (χ3v) is 5.08. The summed E-state index contributed by atoms with van der Waals surface area (Å²) < 4.78 is 1.59. The molecule has 1 aliphatic carbocycles. The Labute approximate surface area is 151 Å². The van der Waals surface area contributed by atoms with Crippen LogP contribution < -0.4 is 5.32 Å². The first-order valence-corrected chi connectivity index (χ1v) is 8.87. The number of amides is 3. The Morgan fingerprint density at radius 1 is 1.08 bits per heavy atom. The second-order valence-electron chi connectivity index (χ2n) is 6.86. The first kappa shape index (κ1) is 16.5. The largest absolute Gasteiger partial charge is 0.305 e. The number of aromatic nitrogens is 2. The van der Waals surface area contributed by atoms with E-state index in [1.165, 1.54) is 11.0 Å². The first-order chi connectivity index (χ1) is 12.5. The highest BCUT2D eigenvalue weighted by Gasteiger charge is 2.40. The number of rotatable bonds is 3. The lowest BCUT2D eigenvalue weighted by atomic mass is 9.94. The third kappa shape index (κ3) is 2.79. The van der Waals surface area contributed by atoms with Crippen molar-refractivity contribution in [2.24, 2.45) is 7.05 Å². The zero-order valence-corrected chi connectivity index (χ0v) is 14.6. The van der Waals surface area contributed by atoms with E-state index < -0.39 is 0 Å². The molecule has 0 saturated heterocycles. The average molecular weight is 352 g/mol. The number of anilines is 1. The number of hydrogen-bond donors (Lipinski definition) is 1. The standard InChI is InChI=1S/C19H20N4O3/c1-22-10-9-16(21-22)20-17(24)12-7-8-14-15(11-12)19(26)23(18(14)25)13-5-3-2-4-6-13/h7-11,13H,2-6H2,1H3,(H,20,21,24). The molecule has 0 bridgehead atoms. The molecule has 1 aromatic carbocycles. The van der Waals surface area contributed by atoms with Crippen LogP contribution in [0.15, 0.2) is 30.5 Å². The fourth-order valence-electron chi connectivity index (χ4n) is 3.74. The topological polar surface area (TPSA) is 84.3 Å². The second kappa shape index (κ2) is 6.40. The lowest BCUT2D eigenvalue weighted by Gasteiger charge is -2.29. The van der Waals surface area contributed by atoms with Crippen LogP contribution in [-0.4, -0.2) is 38.4 Å². The number of aryl methyl sites for hydroxylation is 1. The molecule has 134 valence electrons. The molecule has 1 aromatic heterocycles. The fraction of sp³-hybridized carbons (Fsp3) is 0.368. The van der Waals surface area contributed by atoms with Crippen molar-refractivity contribution in [3.8, 4) is 0 Å². The minimum atomic E-state index is -0.358. The molecule has 2 heterocycles. The van der Waals surface area contributed by atoms with E-state index in [1.54, 1.807) is 36.1 Å². The molecule has 0 spiro atoms. The Morgan fingerprint density at radius 3 is 2.50 bits per heavy atom. The van der Waals surface area contributed by atoms with E-state index in [0.29, 0.717) is 22.5 Å². The van der Waals surface area contributed by atoms with Gasteiger partial charge in [0.1, 0.15) is 0 Å². The number of nitrogens with one attached hydrogen (secondary N) is 1. The molecule has 2 aliphatic rings. The summed E-state index contributed by atoms with van der Waals surface area (Å²) in [5.74, 6) is -0.454. The summed E-state index contributed by atoms with van der Waals surface area (Å²) in [6, 6.07) is 6.32. The van der Waals surface area contributed by atoms with Gasteiger partial charge >= 0.3 is 0 Å². The van der Waals surface area contributed by atoms with Crippen molar-refractivity contribution >= 4 is 23.5 Å². The van der Waals surface area contributed by atoms with Gasteiger partial charge in [-0.15, -0.1) is 0 Å². The van der Waals surface area contributed by atoms with Gasteiger partial charge < -0.3 is 5.32 Å². The van der Waals surface area contributed by atoms with Crippen LogP contribution in [0.3, 0.4) is 0 Å². The number of imide groups is 1. The van der Waals surface area contributed by atoms with E-state index in [-0.39, 0.29) is 23.8 Å².